The molecule has 0 radical (unpaired) electrons. The highest BCUT2D eigenvalue weighted by Gasteiger charge is 2.47. The summed E-state index contributed by atoms with van der Waals surface area (Å²) in [6.45, 7) is 5.14. The van der Waals surface area contributed by atoms with Crippen molar-refractivity contribution in [3.8, 4) is 5.75 Å². The van der Waals surface area contributed by atoms with Gasteiger partial charge in [0.2, 0.25) is 0 Å². The first-order chi connectivity index (χ1) is 12.1. The maximum atomic E-state index is 11.1. The number of ether oxygens (including phenoxy) is 1. The molecule has 1 aliphatic heterocycles. The molecule has 2 fully saturated rings. The Morgan fingerprint density at radius 3 is 2.84 bits per heavy atom. The Morgan fingerprint density at radius 2 is 2.04 bits per heavy atom. The van der Waals surface area contributed by atoms with Crippen LogP contribution in [0, 0.1) is 11.8 Å². The van der Waals surface area contributed by atoms with Gasteiger partial charge in [-0.3, -0.25) is 4.90 Å². The summed E-state index contributed by atoms with van der Waals surface area (Å²) in [6, 6.07) is 12.8. The van der Waals surface area contributed by atoms with Gasteiger partial charge in [0.05, 0.1) is 12.7 Å². The highest BCUT2D eigenvalue weighted by atomic mass is 16.5. The van der Waals surface area contributed by atoms with Crippen molar-refractivity contribution >= 4 is 10.8 Å². The highest BCUT2D eigenvalue weighted by Crippen LogP contribution is 2.45. The summed E-state index contributed by atoms with van der Waals surface area (Å²) in [7, 11) is 1.76. The third-order valence-electron chi connectivity index (χ3n) is 6.60. The van der Waals surface area contributed by atoms with E-state index in [0.717, 1.165) is 44.6 Å². The average Bonchev–Trinajstić information content (AvgIpc) is 3.06. The third-order valence-corrected chi connectivity index (χ3v) is 6.60. The van der Waals surface area contributed by atoms with Crippen molar-refractivity contribution in [1.29, 1.82) is 0 Å². The number of likely N-dealkylation sites (tertiary alicyclic amines) is 1. The SMILES string of the molecule is CC[C@@]1(O)CCC[C@@H]2CN(Cc3c(OC)ccc4ccccc34)C[C@@H]21. The van der Waals surface area contributed by atoms with Crippen LogP contribution < -0.4 is 4.74 Å². The lowest BCUT2D eigenvalue weighted by Crippen LogP contribution is -2.44. The quantitative estimate of drug-likeness (QED) is 0.905. The lowest BCUT2D eigenvalue weighted by molar-refractivity contribution is -0.0613. The van der Waals surface area contributed by atoms with E-state index in [1.807, 2.05) is 0 Å². The van der Waals surface area contributed by atoms with Crippen LogP contribution in [0.3, 0.4) is 0 Å². The zero-order valence-electron chi connectivity index (χ0n) is 15.4. The summed E-state index contributed by atoms with van der Waals surface area (Å²) < 4.78 is 5.67. The van der Waals surface area contributed by atoms with Crippen LogP contribution in [0.2, 0.25) is 0 Å². The van der Waals surface area contributed by atoms with Crippen molar-refractivity contribution in [3.63, 3.8) is 0 Å². The highest BCUT2D eigenvalue weighted by molar-refractivity contribution is 5.87. The van der Waals surface area contributed by atoms with Crippen LogP contribution in [0.25, 0.3) is 10.8 Å². The van der Waals surface area contributed by atoms with Crippen LogP contribution in [0.5, 0.6) is 5.75 Å². The maximum absolute atomic E-state index is 11.1. The first kappa shape index (κ1) is 16.9. The standard InChI is InChI=1S/C22H29NO2/c1-3-22(24)12-6-8-17-13-23(15-20(17)22)14-19-18-9-5-4-7-16(18)10-11-21(19)25-2/h4-5,7,9-11,17,20,24H,3,6,8,12-15H2,1-2H3/t17-,20+,22-/m1/s1. The first-order valence-corrected chi connectivity index (χ1v) is 9.64. The molecule has 1 heterocycles. The van der Waals surface area contributed by atoms with Crippen LogP contribution in [-0.2, 0) is 6.54 Å². The molecule has 0 aromatic heterocycles. The van der Waals surface area contributed by atoms with Gasteiger partial charge >= 0.3 is 0 Å². The van der Waals surface area contributed by atoms with Crippen molar-refractivity contribution in [2.45, 2.75) is 44.8 Å². The molecule has 1 saturated heterocycles. The van der Waals surface area contributed by atoms with Gasteiger partial charge in [0.15, 0.2) is 0 Å². The minimum atomic E-state index is -0.458. The first-order valence-electron chi connectivity index (χ1n) is 9.64. The molecule has 134 valence electrons. The molecule has 0 amide bonds. The Balaban J connectivity index is 1.62. The van der Waals surface area contributed by atoms with Crippen LogP contribution in [-0.4, -0.2) is 35.8 Å². The zero-order valence-corrected chi connectivity index (χ0v) is 15.4. The smallest absolute Gasteiger partial charge is 0.123 e. The normalized spacial score (nSPS) is 29.7. The number of rotatable bonds is 4. The second-order valence-electron chi connectivity index (χ2n) is 7.88. The number of hydrogen-bond acceptors (Lipinski definition) is 3. The molecule has 1 N–H and O–H groups in total. The number of methoxy groups -OCH3 is 1. The number of nitrogens with zero attached hydrogens (tertiary/aromatic N) is 1. The van der Waals surface area contributed by atoms with E-state index in [1.54, 1.807) is 7.11 Å². The summed E-state index contributed by atoms with van der Waals surface area (Å²) in [5.41, 5.74) is 0.819. The van der Waals surface area contributed by atoms with Crippen LogP contribution in [0.15, 0.2) is 36.4 Å². The molecule has 0 unspecified atom stereocenters. The topological polar surface area (TPSA) is 32.7 Å². The Kier molecular flexibility index (Phi) is 4.47. The molecule has 3 atom stereocenters. The summed E-state index contributed by atoms with van der Waals surface area (Å²) in [5.74, 6) is 2.03. The van der Waals surface area contributed by atoms with Gasteiger partial charge in [-0.25, -0.2) is 0 Å². The Labute approximate surface area is 150 Å². The minimum absolute atomic E-state index is 0.423. The molecule has 2 aliphatic rings. The van der Waals surface area contributed by atoms with Gasteiger partial charge in [0.25, 0.3) is 0 Å². The van der Waals surface area contributed by atoms with E-state index in [2.05, 4.69) is 48.2 Å². The summed E-state index contributed by atoms with van der Waals surface area (Å²) in [4.78, 5) is 2.53. The van der Waals surface area contributed by atoms with Crippen molar-refractivity contribution in [2.75, 3.05) is 20.2 Å². The molecule has 0 spiro atoms. The third kappa shape index (κ3) is 2.94. The fraction of sp³-hybridized carbons (Fsp3) is 0.545. The van der Waals surface area contributed by atoms with E-state index in [9.17, 15) is 5.11 Å². The average molecular weight is 339 g/mol. The fourth-order valence-electron chi connectivity index (χ4n) is 5.18. The predicted molar refractivity (Wildman–Crippen MR) is 102 cm³/mol. The van der Waals surface area contributed by atoms with Gasteiger partial charge in [-0.05, 0) is 42.0 Å². The van der Waals surface area contributed by atoms with Gasteiger partial charge in [-0.2, -0.15) is 0 Å². The molecule has 4 rings (SSSR count). The molecule has 2 aromatic carbocycles. The van der Waals surface area contributed by atoms with Gasteiger partial charge in [0.1, 0.15) is 5.75 Å². The van der Waals surface area contributed by atoms with E-state index in [4.69, 9.17) is 4.74 Å². The second kappa shape index (κ2) is 6.62. The molecular formula is C22H29NO2. The number of benzene rings is 2. The number of hydrogen-bond donors (Lipinski definition) is 1. The lowest BCUT2D eigenvalue weighted by atomic mass is 9.69. The zero-order chi connectivity index (χ0) is 17.4. The molecular weight excluding hydrogens is 310 g/mol. The van der Waals surface area contributed by atoms with E-state index < -0.39 is 5.60 Å². The molecule has 1 saturated carbocycles. The van der Waals surface area contributed by atoms with E-state index in [-0.39, 0.29) is 0 Å². The number of fused-ring (bicyclic) bond motifs is 2. The molecule has 2 aromatic rings. The molecule has 0 bridgehead atoms. The van der Waals surface area contributed by atoms with Gasteiger partial charge in [0, 0.05) is 31.1 Å². The van der Waals surface area contributed by atoms with E-state index >= 15 is 0 Å². The van der Waals surface area contributed by atoms with Crippen LogP contribution >= 0.6 is 0 Å². The molecule has 25 heavy (non-hydrogen) atoms. The molecule has 3 heteroatoms. The predicted octanol–water partition coefficient (Wildman–Crippen LogP) is 4.22. The van der Waals surface area contributed by atoms with Gasteiger partial charge in [-0.15, -0.1) is 0 Å². The van der Waals surface area contributed by atoms with Crippen LogP contribution in [0.1, 0.15) is 38.2 Å². The monoisotopic (exact) mass is 339 g/mol. The summed E-state index contributed by atoms with van der Waals surface area (Å²) in [5, 5.41) is 13.6. The Hall–Kier alpha value is -1.58. The Bertz CT molecular complexity index is 759. The summed E-state index contributed by atoms with van der Waals surface area (Å²) in [6.07, 6.45) is 4.27. The van der Waals surface area contributed by atoms with Crippen molar-refractivity contribution in [2.24, 2.45) is 11.8 Å². The largest absolute Gasteiger partial charge is 0.496 e. The second-order valence-corrected chi connectivity index (χ2v) is 7.88. The lowest BCUT2D eigenvalue weighted by Gasteiger charge is -2.40. The summed E-state index contributed by atoms with van der Waals surface area (Å²) >= 11 is 0. The maximum Gasteiger partial charge on any atom is 0.123 e. The van der Waals surface area contributed by atoms with Crippen molar-refractivity contribution in [1.82, 2.24) is 4.90 Å². The van der Waals surface area contributed by atoms with Crippen molar-refractivity contribution in [3.05, 3.63) is 42.0 Å². The van der Waals surface area contributed by atoms with Gasteiger partial charge in [-0.1, -0.05) is 43.7 Å². The Morgan fingerprint density at radius 1 is 1.20 bits per heavy atom. The minimum Gasteiger partial charge on any atom is -0.496 e. The van der Waals surface area contributed by atoms with Crippen molar-refractivity contribution < 1.29 is 9.84 Å². The molecule has 1 aliphatic carbocycles. The van der Waals surface area contributed by atoms with Gasteiger partial charge < -0.3 is 9.84 Å². The number of aliphatic hydroxyl groups is 1. The van der Waals surface area contributed by atoms with E-state index in [1.165, 1.54) is 22.8 Å². The van der Waals surface area contributed by atoms with E-state index in [0.29, 0.717) is 11.8 Å². The molecule has 3 nitrogen and oxygen atoms in total. The van der Waals surface area contributed by atoms with Crippen LogP contribution in [0.4, 0.5) is 0 Å². The fourth-order valence-corrected chi connectivity index (χ4v) is 5.18.